The molecule has 1 atom stereocenters. The largest absolute Gasteiger partial charge is 1.00 e. The molecule has 0 radical (unpaired) electrons. The molecule has 1 rings (SSSR count). The van der Waals surface area contributed by atoms with Crippen LogP contribution in [0.4, 0.5) is 0 Å². The Morgan fingerprint density at radius 3 is 1.70 bits per heavy atom. The van der Waals surface area contributed by atoms with E-state index in [1.165, 1.54) is 76.0 Å². The molecule has 0 bridgehead atoms. The molecule has 0 aromatic heterocycles. The van der Waals surface area contributed by atoms with Crippen LogP contribution in [-0.2, 0) is 19.6 Å². The molecule has 1 aromatic rings. The zero-order valence-electron chi connectivity index (χ0n) is 20.3. The first-order chi connectivity index (χ1) is 15.3. The van der Waals surface area contributed by atoms with Gasteiger partial charge in [-0.05, 0) is 25.5 Å². The summed E-state index contributed by atoms with van der Waals surface area (Å²) in [6.45, 7) is 3.44. The minimum Gasteiger partial charge on any atom is -0.745 e. The van der Waals surface area contributed by atoms with Crippen LogP contribution in [0.25, 0.3) is 0 Å². The number of rotatable bonds is 17. The van der Waals surface area contributed by atoms with Crippen LogP contribution in [0.15, 0.2) is 24.3 Å². The molecule has 0 aliphatic carbocycles. The third-order valence-corrected chi connectivity index (χ3v) is 6.19. The van der Waals surface area contributed by atoms with Crippen LogP contribution >= 0.6 is 0 Å². The van der Waals surface area contributed by atoms with Crippen LogP contribution in [0.3, 0.4) is 0 Å². The van der Waals surface area contributed by atoms with Crippen molar-refractivity contribution in [2.75, 3.05) is 6.61 Å². The van der Waals surface area contributed by atoms with Gasteiger partial charge in [0.1, 0.15) is 10.1 Å². The van der Waals surface area contributed by atoms with Gasteiger partial charge in [-0.1, -0.05) is 89.7 Å². The summed E-state index contributed by atoms with van der Waals surface area (Å²) >= 11 is 0. The maximum atomic E-state index is 12.3. The first kappa shape index (κ1) is 32.1. The molecule has 0 saturated heterocycles. The molecule has 1 aromatic carbocycles. The summed E-state index contributed by atoms with van der Waals surface area (Å²) in [5, 5.41) is 0. The second-order valence-electron chi connectivity index (χ2n) is 8.04. The van der Waals surface area contributed by atoms with Gasteiger partial charge >= 0.3 is 41.5 Å². The number of hydrogen-bond donors (Lipinski definition) is 0. The van der Waals surface area contributed by atoms with Crippen molar-refractivity contribution < 1.29 is 61.6 Å². The molecule has 0 aliphatic rings. The van der Waals surface area contributed by atoms with Crippen molar-refractivity contribution in [3.05, 3.63) is 35.4 Å². The minimum absolute atomic E-state index is 0. The Labute approximate surface area is 221 Å². The molecular formula is C24H37NaO7S. The summed E-state index contributed by atoms with van der Waals surface area (Å²) in [6, 6.07) is 5.80. The van der Waals surface area contributed by atoms with Gasteiger partial charge in [0, 0.05) is 0 Å². The second kappa shape index (κ2) is 18.4. The third kappa shape index (κ3) is 14.2. The van der Waals surface area contributed by atoms with Crippen molar-refractivity contribution >= 4 is 22.1 Å². The average molecular weight is 493 g/mol. The van der Waals surface area contributed by atoms with E-state index < -0.39 is 27.5 Å². The predicted molar refractivity (Wildman–Crippen MR) is 122 cm³/mol. The van der Waals surface area contributed by atoms with E-state index in [-0.39, 0.29) is 47.3 Å². The molecule has 7 nitrogen and oxygen atoms in total. The first-order valence-electron chi connectivity index (χ1n) is 11.7. The number of hydrogen-bond acceptors (Lipinski definition) is 7. The summed E-state index contributed by atoms with van der Waals surface area (Å²) in [4.78, 5) is 24.5. The number of carbonyl (C=O) groups excluding carboxylic acids is 2. The Balaban J connectivity index is 0.0000102. The molecule has 1 unspecified atom stereocenters. The molecule has 182 valence electrons. The van der Waals surface area contributed by atoms with E-state index in [9.17, 15) is 22.6 Å². The zero-order valence-corrected chi connectivity index (χ0v) is 23.2. The Hall–Kier alpha value is -0.930. The van der Waals surface area contributed by atoms with Gasteiger partial charge in [0.05, 0.1) is 17.7 Å². The van der Waals surface area contributed by atoms with Gasteiger partial charge in [0.15, 0.2) is 5.44 Å². The van der Waals surface area contributed by atoms with E-state index in [2.05, 4.69) is 11.7 Å². The molecule has 9 heteroatoms. The van der Waals surface area contributed by atoms with Crippen LogP contribution in [-0.4, -0.2) is 37.0 Å². The van der Waals surface area contributed by atoms with E-state index in [1.54, 1.807) is 6.07 Å². The van der Waals surface area contributed by atoms with Crippen LogP contribution in [0.1, 0.15) is 112 Å². The van der Waals surface area contributed by atoms with Crippen LogP contribution in [0, 0.1) is 0 Å². The molecule has 0 heterocycles. The van der Waals surface area contributed by atoms with Gasteiger partial charge < -0.3 is 14.0 Å². The second-order valence-corrected chi connectivity index (χ2v) is 9.69. The number of esters is 2. The SMILES string of the molecule is CCCCCCCCCCCCCCOC(=O)c1ccccc1C(=O)OC(C)S(=O)(=O)[O-].[Na+]. The number of ether oxygens (including phenoxy) is 2. The van der Waals surface area contributed by atoms with Crippen molar-refractivity contribution in [3.63, 3.8) is 0 Å². The van der Waals surface area contributed by atoms with Gasteiger partial charge in [0.25, 0.3) is 0 Å². The van der Waals surface area contributed by atoms with E-state index in [0.29, 0.717) is 0 Å². The monoisotopic (exact) mass is 492 g/mol. The van der Waals surface area contributed by atoms with Crippen LogP contribution in [0.5, 0.6) is 0 Å². The van der Waals surface area contributed by atoms with Crippen LogP contribution in [0.2, 0.25) is 0 Å². The van der Waals surface area contributed by atoms with E-state index in [0.717, 1.165) is 26.2 Å². The maximum absolute atomic E-state index is 12.3. The predicted octanol–water partition coefficient (Wildman–Crippen LogP) is 2.60. The van der Waals surface area contributed by atoms with Gasteiger partial charge in [-0.25, -0.2) is 18.0 Å². The maximum Gasteiger partial charge on any atom is 1.00 e. The average Bonchev–Trinajstić information content (AvgIpc) is 2.76. The van der Waals surface area contributed by atoms with Crippen molar-refractivity contribution in [2.24, 2.45) is 0 Å². The van der Waals surface area contributed by atoms with E-state index in [4.69, 9.17) is 4.74 Å². The number of carbonyl (C=O) groups is 2. The quantitative estimate of drug-likeness (QED) is 0.142. The summed E-state index contributed by atoms with van der Waals surface area (Å²) in [5.74, 6) is -1.74. The molecule has 0 amide bonds. The first-order valence-corrected chi connectivity index (χ1v) is 13.2. The Kier molecular flexibility index (Phi) is 17.9. The molecule has 0 saturated carbocycles. The zero-order chi connectivity index (χ0) is 23.8. The summed E-state index contributed by atoms with van der Waals surface area (Å²) in [6.07, 6.45) is 14.4. The van der Waals surface area contributed by atoms with Gasteiger partial charge in [-0.15, -0.1) is 0 Å². The Bertz CT molecular complexity index is 796. The summed E-state index contributed by atoms with van der Waals surface area (Å²) in [5.41, 5.74) is -2.00. The van der Waals surface area contributed by atoms with Gasteiger partial charge in [-0.2, -0.15) is 0 Å². The van der Waals surface area contributed by atoms with Gasteiger partial charge in [-0.3, -0.25) is 0 Å². The summed E-state index contributed by atoms with van der Waals surface area (Å²) < 4.78 is 42.7. The standard InChI is InChI=1S/C24H38O7S.Na/c1-3-4-5-6-7-8-9-10-11-12-13-16-19-30-23(25)21-17-14-15-18-22(21)24(26)31-20(2)32(27,28)29;/h14-15,17-18,20H,3-13,16,19H2,1-2H3,(H,27,28,29);/q;+1/p-1. The molecule has 33 heavy (non-hydrogen) atoms. The molecule has 0 spiro atoms. The molecular weight excluding hydrogens is 455 g/mol. The summed E-state index contributed by atoms with van der Waals surface area (Å²) in [7, 11) is -4.78. The fourth-order valence-corrected chi connectivity index (χ4v) is 3.50. The fourth-order valence-electron chi connectivity index (χ4n) is 3.30. The Morgan fingerprint density at radius 1 is 0.818 bits per heavy atom. The van der Waals surface area contributed by atoms with Crippen molar-refractivity contribution in [2.45, 2.75) is 96.3 Å². The van der Waals surface area contributed by atoms with Crippen LogP contribution < -0.4 is 29.6 Å². The van der Waals surface area contributed by atoms with Gasteiger partial charge in [0.2, 0.25) is 0 Å². The third-order valence-electron chi connectivity index (χ3n) is 5.28. The normalized spacial score (nSPS) is 12.0. The minimum atomic E-state index is -4.78. The topological polar surface area (TPSA) is 110 Å². The number of unbranched alkanes of at least 4 members (excludes halogenated alkanes) is 11. The number of benzene rings is 1. The van der Waals surface area contributed by atoms with E-state index in [1.807, 2.05) is 0 Å². The van der Waals surface area contributed by atoms with Crippen molar-refractivity contribution in [1.82, 2.24) is 0 Å². The molecule has 0 aliphatic heterocycles. The van der Waals surface area contributed by atoms with Crippen molar-refractivity contribution in [1.29, 1.82) is 0 Å². The Morgan fingerprint density at radius 2 is 1.24 bits per heavy atom. The van der Waals surface area contributed by atoms with E-state index >= 15 is 0 Å². The molecule has 0 fully saturated rings. The smallest absolute Gasteiger partial charge is 0.745 e. The molecule has 0 N–H and O–H groups in total. The van der Waals surface area contributed by atoms with Crippen molar-refractivity contribution in [3.8, 4) is 0 Å². The fraction of sp³-hybridized carbons (Fsp3) is 0.667.